The van der Waals surface area contributed by atoms with Crippen LogP contribution in [0.2, 0.25) is 0 Å². The molecule has 1 aromatic heterocycles. The third kappa shape index (κ3) is 3.20. The van der Waals surface area contributed by atoms with Crippen LogP contribution >= 0.6 is 15.9 Å². The highest BCUT2D eigenvalue weighted by Gasteiger charge is 2.07. The number of phenolic OH excluding ortho intramolecular Hbond substituents is 1. The summed E-state index contributed by atoms with van der Waals surface area (Å²) < 4.78 is 1.04. The second-order valence-electron chi connectivity index (χ2n) is 4.44. The Labute approximate surface area is 130 Å². The van der Waals surface area contributed by atoms with Crippen molar-refractivity contribution in [3.8, 4) is 17.1 Å². The first-order valence-electron chi connectivity index (χ1n) is 6.37. The Morgan fingerprint density at radius 1 is 1.00 bits per heavy atom. The normalized spacial score (nSPS) is 11.1. The van der Waals surface area contributed by atoms with Gasteiger partial charge in [0, 0.05) is 4.47 Å². The molecule has 0 bridgehead atoms. The van der Waals surface area contributed by atoms with Crippen LogP contribution in [0.5, 0.6) is 5.75 Å². The number of benzene rings is 2. The Balaban J connectivity index is 1.82. The lowest BCUT2D eigenvalue weighted by Crippen LogP contribution is -1.81. The Morgan fingerprint density at radius 2 is 1.76 bits per heavy atom. The summed E-state index contributed by atoms with van der Waals surface area (Å²) in [5.41, 5.74) is 1.69. The van der Waals surface area contributed by atoms with Crippen LogP contribution in [0.3, 0.4) is 0 Å². The molecule has 0 aliphatic carbocycles. The molecule has 104 valence electrons. The first-order valence-corrected chi connectivity index (χ1v) is 7.16. The average molecular weight is 342 g/mol. The van der Waals surface area contributed by atoms with Gasteiger partial charge in [0.2, 0.25) is 0 Å². The fraction of sp³-hybridized carbons (Fsp3) is 0. The molecule has 0 saturated carbocycles. The molecule has 0 amide bonds. The number of phenols is 1. The number of aromatic hydroxyl groups is 1. The number of halogens is 1. The van der Waals surface area contributed by atoms with E-state index >= 15 is 0 Å². The molecule has 1 heterocycles. The number of rotatable bonds is 3. The fourth-order valence-corrected chi connectivity index (χ4v) is 2.15. The monoisotopic (exact) mass is 341 g/mol. The van der Waals surface area contributed by atoms with Crippen molar-refractivity contribution in [2.45, 2.75) is 0 Å². The van der Waals surface area contributed by atoms with E-state index in [-0.39, 0.29) is 5.75 Å². The second-order valence-corrected chi connectivity index (χ2v) is 5.36. The number of hydrogen-bond donors (Lipinski definition) is 2. The van der Waals surface area contributed by atoms with Crippen LogP contribution < -0.4 is 0 Å². The molecule has 4 nitrogen and oxygen atoms in total. The molecule has 0 fully saturated rings. The Morgan fingerprint density at radius 3 is 2.52 bits per heavy atom. The van der Waals surface area contributed by atoms with E-state index in [0.29, 0.717) is 17.2 Å². The third-order valence-corrected chi connectivity index (χ3v) is 3.49. The maximum atomic E-state index is 9.80. The predicted octanol–water partition coefficient (Wildman–Crippen LogP) is 4.11. The Kier molecular flexibility index (Phi) is 3.83. The van der Waals surface area contributed by atoms with Gasteiger partial charge in [-0.05, 0) is 35.9 Å². The SMILES string of the molecule is Oc1ccccc1-c1nc(/C=C/c2ccc(Br)cc2)n[nH]1. The van der Waals surface area contributed by atoms with Crippen molar-refractivity contribution in [2.75, 3.05) is 0 Å². The molecule has 21 heavy (non-hydrogen) atoms. The lowest BCUT2D eigenvalue weighted by atomic mass is 10.2. The minimum absolute atomic E-state index is 0.178. The van der Waals surface area contributed by atoms with Crippen molar-refractivity contribution < 1.29 is 5.11 Å². The van der Waals surface area contributed by atoms with Crippen molar-refractivity contribution in [3.63, 3.8) is 0 Å². The molecule has 0 aliphatic heterocycles. The van der Waals surface area contributed by atoms with Crippen molar-refractivity contribution in [3.05, 3.63) is 64.4 Å². The van der Waals surface area contributed by atoms with Gasteiger partial charge in [0.05, 0.1) is 5.56 Å². The lowest BCUT2D eigenvalue weighted by Gasteiger charge is -1.98. The number of aromatic nitrogens is 3. The van der Waals surface area contributed by atoms with Crippen LogP contribution in [0.4, 0.5) is 0 Å². The number of hydrogen-bond acceptors (Lipinski definition) is 3. The molecule has 0 unspecified atom stereocenters. The van der Waals surface area contributed by atoms with Gasteiger partial charge >= 0.3 is 0 Å². The summed E-state index contributed by atoms with van der Waals surface area (Å²) >= 11 is 3.40. The molecular formula is C16H12BrN3O. The molecule has 2 N–H and O–H groups in total. The van der Waals surface area contributed by atoms with Gasteiger partial charge in [-0.2, -0.15) is 5.10 Å². The molecule has 0 atom stereocenters. The van der Waals surface area contributed by atoms with Crippen LogP contribution in [0.1, 0.15) is 11.4 Å². The van der Waals surface area contributed by atoms with E-state index in [0.717, 1.165) is 10.0 Å². The van der Waals surface area contributed by atoms with Crippen LogP contribution in [0.15, 0.2) is 53.0 Å². The lowest BCUT2D eigenvalue weighted by molar-refractivity contribution is 0.477. The molecule has 0 aliphatic rings. The molecule has 0 saturated heterocycles. The van der Waals surface area contributed by atoms with E-state index in [1.165, 1.54) is 0 Å². The zero-order chi connectivity index (χ0) is 14.7. The zero-order valence-electron chi connectivity index (χ0n) is 11.0. The molecule has 0 radical (unpaired) electrons. The summed E-state index contributed by atoms with van der Waals surface area (Å²) in [6.45, 7) is 0. The molecular weight excluding hydrogens is 330 g/mol. The van der Waals surface area contributed by atoms with Gasteiger partial charge in [-0.1, -0.05) is 46.3 Å². The number of nitrogens with one attached hydrogen (secondary N) is 1. The molecule has 5 heteroatoms. The third-order valence-electron chi connectivity index (χ3n) is 2.96. The van der Waals surface area contributed by atoms with E-state index < -0.39 is 0 Å². The molecule has 3 rings (SSSR count). The van der Waals surface area contributed by atoms with Gasteiger partial charge in [-0.25, -0.2) is 4.98 Å². The predicted molar refractivity (Wildman–Crippen MR) is 86.6 cm³/mol. The van der Waals surface area contributed by atoms with Crippen LogP contribution in [0.25, 0.3) is 23.5 Å². The first-order chi connectivity index (χ1) is 10.2. The quantitative estimate of drug-likeness (QED) is 0.753. The Bertz CT molecular complexity index is 778. The largest absolute Gasteiger partial charge is 0.507 e. The van der Waals surface area contributed by atoms with Crippen molar-refractivity contribution >= 4 is 28.1 Å². The molecule has 0 spiro atoms. The van der Waals surface area contributed by atoms with E-state index in [4.69, 9.17) is 0 Å². The number of aromatic amines is 1. The van der Waals surface area contributed by atoms with E-state index in [9.17, 15) is 5.11 Å². The van der Waals surface area contributed by atoms with Gasteiger partial charge in [-0.3, -0.25) is 5.10 Å². The van der Waals surface area contributed by atoms with E-state index in [1.54, 1.807) is 18.2 Å². The van der Waals surface area contributed by atoms with Gasteiger partial charge in [0.1, 0.15) is 5.75 Å². The van der Waals surface area contributed by atoms with Gasteiger partial charge < -0.3 is 5.11 Å². The van der Waals surface area contributed by atoms with Crippen LogP contribution in [-0.4, -0.2) is 20.3 Å². The summed E-state index contributed by atoms with van der Waals surface area (Å²) in [6.07, 6.45) is 3.76. The standard InChI is InChI=1S/C16H12BrN3O/c17-12-8-5-11(6-9-12)7-10-15-18-16(20-19-15)13-3-1-2-4-14(13)21/h1-10,21H,(H,18,19,20)/b10-7+. The minimum atomic E-state index is 0.178. The van der Waals surface area contributed by atoms with Gasteiger partial charge in [0.15, 0.2) is 11.6 Å². The molecule has 2 aromatic carbocycles. The van der Waals surface area contributed by atoms with Crippen molar-refractivity contribution in [1.29, 1.82) is 0 Å². The smallest absolute Gasteiger partial charge is 0.174 e. The number of H-pyrrole nitrogens is 1. The maximum absolute atomic E-state index is 9.80. The highest BCUT2D eigenvalue weighted by molar-refractivity contribution is 9.10. The minimum Gasteiger partial charge on any atom is -0.507 e. The van der Waals surface area contributed by atoms with Crippen LogP contribution in [-0.2, 0) is 0 Å². The maximum Gasteiger partial charge on any atom is 0.174 e. The average Bonchev–Trinajstić information content (AvgIpc) is 2.96. The first kappa shape index (κ1) is 13.6. The van der Waals surface area contributed by atoms with Crippen molar-refractivity contribution in [2.24, 2.45) is 0 Å². The highest BCUT2D eigenvalue weighted by atomic mass is 79.9. The van der Waals surface area contributed by atoms with Crippen LogP contribution in [0, 0.1) is 0 Å². The Hall–Kier alpha value is -2.40. The summed E-state index contributed by atoms with van der Waals surface area (Å²) in [6, 6.07) is 15.0. The topological polar surface area (TPSA) is 61.8 Å². The summed E-state index contributed by atoms with van der Waals surface area (Å²) in [4.78, 5) is 4.35. The number of para-hydroxylation sites is 1. The number of nitrogens with zero attached hydrogens (tertiary/aromatic N) is 2. The highest BCUT2D eigenvalue weighted by Crippen LogP contribution is 2.25. The van der Waals surface area contributed by atoms with Crippen molar-refractivity contribution in [1.82, 2.24) is 15.2 Å². The summed E-state index contributed by atoms with van der Waals surface area (Å²) in [5, 5.41) is 16.7. The zero-order valence-corrected chi connectivity index (χ0v) is 12.6. The molecule has 3 aromatic rings. The summed E-state index contributed by atoms with van der Waals surface area (Å²) in [7, 11) is 0. The van der Waals surface area contributed by atoms with Gasteiger partial charge in [-0.15, -0.1) is 0 Å². The summed E-state index contributed by atoms with van der Waals surface area (Å²) in [5.74, 6) is 1.29. The van der Waals surface area contributed by atoms with Gasteiger partial charge in [0.25, 0.3) is 0 Å². The fourth-order valence-electron chi connectivity index (χ4n) is 1.89. The van der Waals surface area contributed by atoms with E-state index in [1.807, 2.05) is 42.5 Å². The van der Waals surface area contributed by atoms with E-state index in [2.05, 4.69) is 31.1 Å². The second kappa shape index (κ2) is 5.93.